The predicted octanol–water partition coefficient (Wildman–Crippen LogP) is 4.03. The van der Waals surface area contributed by atoms with Crippen molar-refractivity contribution in [2.24, 2.45) is 0 Å². The number of nitrogens with zero attached hydrogens (tertiary/aromatic N) is 5. The fourth-order valence-electron chi connectivity index (χ4n) is 2.79. The van der Waals surface area contributed by atoms with Gasteiger partial charge in [0.05, 0.1) is 5.69 Å². The van der Waals surface area contributed by atoms with Crippen molar-refractivity contribution in [2.75, 3.05) is 5.32 Å². The van der Waals surface area contributed by atoms with Crippen LogP contribution in [0.3, 0.4) is 0 Å². The van der Waals surface area contributed by atoms with Gasteiger partial charge in [0, 0.05) is 10.9 Å². The molecule has 1 aromatic carbocycles. The summed E-state index contributed by atoms with van der Waals surface area (Å²) in [7, 11) is 0. The van der Waals surface area contributed by atoms with Gasteiger partial charge in [-0.05, 0) is 18.4 Å². The van der Waals surface area contributed by atoms with Crippen molar-refractivity contribution in [3.8, 4) is 17.3 Å². The van der Waals surface area contributed by atoms with E-state index in [1.165, 1.54) is 53.6 Å². The standard InChI is InChI=1S/C20H22N6OS/c1-2-3-4-5-6-15-7-9-16(10-8-15)17-13-28-20(23-17)24-19(27)12-26-14-22-18(11-21)25-26/h7-10,13-14H,2-6,12H2,1H3,(H,23,24,27). The van der Waals surface area contributed by atoms with E-state index >= 15 is 0 Å². The first-order valence-corrected chi connectivity index (χ1v) is 10.2. The highest BCUT2D eigenvalue weighted by Gasteiger charge is 2.10. The lowest BCUT2D eigenvalue weighted by molar-refractivity contribution is -0.116. The summed E-state index contributed by atoms with van der Waals surface area (Å²) in [5.41, 5.74) is 3.21. The number of aryl methyl sites for hydroxylation is 1. The Hall–Kier alpha value is -3.05. The van der Waals surface area contributed by atoms with Gasteiger partial charge >= 0.3 is 0 Å². The lowest BCUT2D eigenvalue weighted by Gasteiger charge is -2.03. The third-order valence-electron chi connectivity index (χ3n) is 4.26. The van der Waals surface area contributed by atoms with Crippen LogP contribution in [0.4, 0.5) is 5.13 Å². The number of hydrogen-bond donors (Lipinski definition) is 1. The Kier molecular flexibility index (Phi) is 6.87. The van der Waals surface area contributed by atoms with E-state index in [9.17, 15) is 4.79 Å². The van der Waals surface area contributed by atoms with Crippen LogP contribution in [0.15, 0.2) is 36.0 Å². The molecule has 0 atom stereocenters. The van der Waals surface area contributed by atoms with E-state index in [2.05, 4.69) is 51.6 Å². The molecule has 7 nitrogen and oxygen atoms in total. The molecule has 0 fully saturated rings. The average molecular weight is 395 g/mol. The highest BCUT2D eigenvalue weighted by atomic mass is 32.1. The quantitative estimate of drug-likeness (QED) is 0.553. The second-order valence-electron chi connectivity index (χ2n) is 6.47. The predicted molar refractivity (Wildman–Crippen MR) is 109 cm³/mol. The minimum atomic E-state index is -0.266. The molecule has 0 saturated carbocycles. The summed E-state index contributed by atoms with van der Waals surface area (Å²) in [5.74, 6) is -0.226. The molecular formula is C20H22N6OS. The third-order valence-corrected chi connectivity index (χ3v) is 5.02. The van der Waals surface area contributed by atoms with E-state index in [-0.39, 0.29) is 18.3 Å². The molecule has 0 aliphatic carbocycles. The minimum Gasteiger partial charge on any atom is -0.300 e. The number of aromatic nitrogens is 4. The Morgan fingerprint density at radius 1 is 1.25 bits per heavy atom. The zero-order valence-electron chi connectivity index (χ0n) is 15.8. The van der Waals surface area contributed by atoms with Gasteiger partial charge in [0.15, 0.2) is 5.13 Å². The molecular weight excluding hydrogens is 372 g/mol. The Morgan fingerprint density at radius 2 is 2.07 bits per heavy atom. The molecule has 28 heavy (non-hydrogen) atoms. The molecule has 0 radical (unpaired) electrons. The second-order valence-corrected chi connectivity index (χ2v) is 7.33. The van der Waals surface area contributed by atoms with Gasteiger partial charge in [-0.15, -0.1) is 16.4 Å². The SMILES string of the molecule is CCCCCCc1ccc(-c2csc(NC(=O)Cn3cnc(C#N)n3)n2)cc1. The maximum absolute atomic E-state index is 12.1. The number of amides is 1. The van der Waals surface area contributed by atoms with E-state index in [4.69, 9.17) is 5.26 Å². The zero-order chi connectivity index (χ0) is 19.8. The second kappa shape index (κ2) is 9.76. The molecule has 1 amide bonds. The number of thiazole rings is 1. The fourth-order valence-corrected chi connectivity index (χ4v) is 3.53. The first kappa shape index (κ1) is 19.7. The highest BCUT2D eigenvalue weighted by molar-refractivity contribution is 7.14. The number of carbonyl (C=O) groups is 1. The van der Waals surface area contributed by atoms with Crippen LogP contribution in [-0.4, -0.2) is 25.7 Å². The number of nitrogens with one attached hydrogen (secondary N) is 1. The first-order chi connectivity index (χ1) is 13.7. The first-order valence-electron chi connectivity index (χ1n) is 9.32. The van der Waals surface area contributed by atoms with E-state index in [0.717, 1.165) is 17.7 Å². The monoisotopic (exact) mass is 394 g/mol. The summed E-state index contributed by atoms with van der Waals surface area (Å²) in [5, 5.41) is 17.8. The number of unbranched alkanes of at least 4 members (excludes halogenated alkanes) is 3. The van der Waals surface area contributed by atoms with Crippen molar-refractivity contribution >= 4 is 22.4 Å². The molecule has 8 heteroatoms. The van der Waals surface area contributed by atoms with Crippen LogP contribution in [0.5, 0.6) is 0 Å². The van der Waals surface area contributed by atoms with Gasteiger partial charge in [0.25, 0.3) is 5.82 Å². The number of carbonyl (C=O) groups excluding carboxylic acids is 1. The van der Waals surface area contributed by atoms with Crippen LogP contribution in [-0.2, 0) is 17.8 Å². The summed E-state index contributed by atoms with van der Waals surface area (Å²) >= 11 is 1.38. The zero-order valence-corrected chi connectivity index (χ0v) is 16.6. The van der Waals surface area contributed by atoms with Gasteiger partial charge < -0.3 is 5.32 Å². The number of rotatable bonds is 9. The van der Waals surface area contributed by atoms with Gasteiger partial charge in [-0.2, -0.15) is 5.26 Å². The summed E-state index contributed by atoms with van der Waals surface area (Å²) in [6.45, 7) is 2.20. The van der Waals surface area contributed by atoms with Crippen LogP contribution >= 0.6 is 11.3 Å². The summed E-state index contributed by atoms with van der Waals surface area (Å²) in [6.07, 6.45) is 7.51. The minimum absolute atomic E-state index is 0.0175. The summed E-state index contributed by atoms with van der Waals surface area (Å²) < 4.78 is 1.32. The van der Waals surface area contributed by atoms with Crippen molar-refractivity contribution in [3.63, 3.8) is 0 Å². The van der Waals surface area contributed by atoms with Gasteiger partial charge in [-0.3, -0.25) is 4.79 Å². The van der Waals surface area contributed by atoms with E-state index in [1.807, 2.05) is 11.4 Å². The Bertz CT molecular complexity index is 954. The number of benzene rings is 1. The maximum atomic E-state index is 12.1. The normalized spacial score (nSPS) is 10.6. The van der Waals surface area contributed by atoms with E-state index in [1.54, 1.807) is 0 Å². The maximum Gasteiger partial charge on any atom is 0.252 e. The molecule has 0 saturated heterocycles. The molecule has 3 aromatic rings. The molecule has 0 unspecified atom stereocenters. The van der Waals surface area contributed by atoms with Crippen LogP contribution in [0.2, 0.25) is 0 Å². The van der Waals surface area contributed by atoms with Crippen LogP contribution in [0, 0.1) is 11.3 Å². The number of anilines is 1. The molecule has 0 bridgehead atoms. The molecule has 144 valence electrons. The van der Waals surface area contributed by atoms with Crippen molar-refractivity contribution < 1.29 is 4.79 Å². The molecule has 0 aliphatic heterocycles. The van der Waals surface area contributed by atoms with Crippen LogP contribution in [0.1, 0.15) is 44.0 Å². The molecule has 2 heterocycles. The molecule has 3 rings (SSSR count). The summed E-state index contributed by atoms with van der Waals surface area (Å²) in [6, 6.07) is 10.3. The number of nitriles is 1. The Balaban J connectivity index is 1.54. The van der Waals surface area contributed by atoms with Crippen LogP contribution < -0.4 is 5.32 Å². The number of hydrogen-bond acceptors (Lipinski definition) is 6. The highest BCUT2D eigenvalue weighted by Crippen LogP contribution is 2.25. The molecule has 1 N–H and O–H groups in total. The van der Waals surface area contributed by atoms with Gasteiger partial charge in [0.2, 0.25) is 5.91 Å². The lowest BCUT2D eigenvalue weighted by atomic mass is 10.0. The lowest BCUT2D eigenvalue weighted by Crippen LogP contribution is -2.19. The van der Waals surface area contributed by atoms with Gasteiger partial charge in [-0.1, -0.05) is 50.5 Å². The fraction of sp³-hybridized carbons (Fsp3) is 0.350. The Labute approximate surface area is 168 Å². The van der Waals surface area contributed by atoms with Gasteiger partial charge in [0.1, 0.15) is 18.9 Å². The third kappa shape index (κ3) is 5.47. The smallest absolute Gasteiger partial charge is 0.252 e. The average Bonchev–Trinajstić information content (AvgIpc) is 3.35. The van der Waals surface area contributed by atoms with E-state index < -0.39 is 0 Å². The van der Waals surface area contributed by atoms with Crippen molar-refractivity contribution in [1.29, 1.82) is 5.26 Å². The van der Waals surface area contributed by atoms with Gasteiger partial charge in [-0.25, -0.2) is 14.6 Å². The van der Waals surface area contributed by atoms with Crippen LogP contribution in [0.25, 0.3) is 11.3 Å². The molecule has 0 aliphatic rings. The largest absolute Gasteiger partial charge is 0.300 e. The molecule has 0 spiro atoms. The van der Waals surface area contributed by atoms with E-state index in [0.29, 0.717) is 5.13 Å². The van der Waals surface area contributed by atoms with Crippen molar-refractivity contribution in [1.82, 2.24) is 19.7 Å². The molecule has 2 aromatic heterocycles. The summed E-state index contributed by atoms with van der Waals surface area (Å²) in [4.78, 5) is 20.4. The Morgan fingerprint density at radius 3 is 2.79 bits per heavy atom. The topological polar surface area (TPSA) is 96.5 Å². The van der Waals surface area contributed by atoms with Crippen molar-refractivity contribution in [3.05, 3.63) is 47.4 Å². The van der Waals surface area contributed by atoms with Crippen molar-refractivity contribution in [2.45, 2.75) is 45.6 Å².